The van der Waals surface area contributed by atoms with Crippen LogP contribution in [0.25, 0.3) is 12.2 Å². The van der Waals surface area contributed by atoms with E-state index in [-0.39, 0.29) is 0 Å². The van der Waals surface area contributed by atoms with Crippen molar-refractivity contribution in [3.8, 4) is 5.75 Å². The molecule has 0 N–H and O–H groups in total. The molecule has 0 amide bonds. The van der Waals surface area contributed by atoms with Crippen molar-refractivity contribution in [3.05, 3.63) is 59.6 Å². The second-order valence-corrected chi connectivity index (χ2v) is 5.02. The molecule has 6 heteroatoms. The van der Waals surface area contributed by atoms with Gasteiger partial charge in [0.1, 0.15) is 5.75 Å². The van der Waals surface area contributed by atoms with Crippen molar-refractivity contribution in [2.75, 3.05) is 7.11 Å². The molecule has 2 aromatic heterocycles. The van der Waals surface area contributed by atoms with Crippen LogP contribution >= 0.6 is 0 Å². The van der Waals surface area contributed by atoms with Crippen molar-refractivity contribution in [1.82, 2.24) is 20.0 Å². The Morgan fingerprint density at radius 3 is 2.70 bits per heavy atom. The van der Waals surface area contributed by atoms with Crippen LogP contribution in [0.15, 0.2) is 41.1 Å². The second kappa shape index (κ2) is 6.91. The van der Waals surface area contributed by atoms with E-state index in [2.05, 4.69) is 15.3 Å². The van der Waals surface area contributed by atoms with E-state index in [0.29, 0.717) is 18.2 Å². The Bertz CT molecular complexity index is 787. The van der Waals surface area contributed by atoms with Gasteiger partial charge < -0.3 is 9.15 Å². The van der Waals surface area contributed by atoms with Crippen LogP contribution in [0.4, 0.5) is 0 Å². The van der Waals surface area contributed by atoms with E-state index in [4.69, 9.17) is 9.15 Å². The predicted molar refractivity (Wildman–Crippen MR) is 86.9 cm³/mol. The number of hydrogen-bond acceptors (Lipinski definition) is 5. The molecule has 0 radical (unpaired) electrons. The zero-order valence-corrected chi connectivity index (χ0v) is 13.1. The Balaban J connectivity index is 1.65. The monoisotopic (exact) mass is 310 g/mol. The normalized spacial score (nSPS) is 11.2. The number of aromatic nitrogens is 4. The number of hydrogen-bond donors (Lipinski definition) is 0. The van der Waals surface area contributed by atoms with E-state index in [1.54, 1.807) is 19.4 Å². The fourth-order valence-electron chi connectivity index (χ4n) is 2.13. The Hall–Kier alpha value is -2.89. The van der Waals surface area contributed by atoms with Gasteiger partial charge in [0.2, 0.25) is 11.8 Å². The highest BCUT2D eigenvalue weighted by Crippen LogP contribution is 2.15. The Kier molecular flexibility index (Phi) is 4.52. The third-order valence-corrected chi connectivity index (χ3v) is 3.39. The average molecular weight is 310 g/mol. The zero-order chi connectivity index (χ0) is 16.1. The van der Waals surface area contributed by atoms with E-state index in [9.17, 15) is 0 Å². The van der Waals surface area contributed by atoms with Crippen LogP contribution in [0.3, 0.4) is 0 Å². The minimum atomic E-state index is 0.484. The lowest BCUT2D eigenvalue weighted by Crippen LogP contribution is -1.91. The average Bonchev–Trinajstić information content (AvgIpc) is 3.22. The first-order valence-electron chi connectivity index (χ1n) is 7.42. The molecule has 0 atom stereocenters. The summed E-state index contributed by atoms with van der Waals surface area (Å²) in [7, 11) is 1.65. The number of ether oxygens (including phenoxy) is 1. The van der Waals surface area contributed by atoms with Crippen molar-refractivity contribution in [2.24, 2.45) is 0 Å². The number of benzene rings is 1. The molecular formula is C17H18N4O2. The van der Waals surface area contributed by atoms with Gasteiger partial charge in [-0.2, -0.15) is 5.10 Å². The van der Waals surface area contributed by atoms with Gasteiger partial charge in [0.25, 0.3) is 0 Å². The number of nitrogens with zero attached hydrogens (tertiary/aromatic N) is 4. The Labute approximate surface area is 134 Å². The van der Waals surface area contributed by atoms with Crippen LogP contribution in [-0.4, -0.2) is 27.1 Å². The van der Waals surface area contributed by atoms with Gasteiger partial charge in [0.15, 0.2) is 0 Å². The highest BCUT2D eigenvalue weighted by atomic mass is 16.5. The number of aryl methyl sites for hydroxylation is 1. The Morgan fingerprint density at radius 2 is 2.00 bits per heavy atom. The molecule has 0 saturated carbocycles. The molecule has 23 heavy (non-hydrogen) atoms. The van der Waals surface area contributed by atoms with Gasteiger partial charge in [0, 0.05) is 24.4 Å². The van der Waals surface area contributed by atoms with Crippen molar-refractivity contribution in [2.45, 2.75) is 19.9 Å². The van der Waals surface area contributed by atoms with E-state index in [0.717, 1.165) is 23.4 Å². The van der Waals surface area contributed by atoms with Gasteiger partial charge in [-0.3, -0.25) is 4.68 Å². The van der Waals surface area contributed by atoms with Crippen molar-refractivity contribution in [3.63, 3.8) is 0 Å². The highest BCUT2D eigenvalue weighted by Gasteiger charge is 2.05. The molecule has 0 aliphatic heterocycles. The van der Waals surface area contributed by atoms with Crippen LogP contribution in [0, 0.1) is 0 Å². The topological polar surface area (TPSA) is 66.0 Å². The smallest absolute Gasteiger partial charge is 0.240 e. The lowest BCUT2D eigenvalue weighted by atomic mass is 10.1. The molecule has 0 aliphatic rings. The SMILES string of the molecule is CCn1cc(/C=C/c2nnc(Cc3ccc(OC)cc3)o2)cn1. The lowest BCUT2D eigenvalue weighted by Gasteiger charge is -2.00. The molecule has 118 valence electrons. The summed E-state index contributed by atoms with van der Waals surface area (Å²) in [5.41, 5.74) is 2.09. The maximum Gasteiger partial charge on any atom is 0.240 e. The molecule has 0 aliphatic carbocycles. The molecule has 2 heterocycles. The molecule has 3 rings (SSSR count). The van der Waals surface area contributed by atoms with E-state index >= 15 is 0 Å². The van der Waals surface area contributed by atoms with Gasteiger partial charge in [-0.05, 0) is 30.7 Å². The Morgan fingerprint density at radius 1 is 1.17 bits per heavy atom. The maximum atomic E-state index is 5.63. The lowest BCUT2D eigenvalue weighted by molar-refractivity contribution is 0.414. The third kappa shape index (κ3) is 3.85. The second-order valence-electron chi connectivity index (χ2n) is 5.02. The standard InChI is InChI=1S/C17H18N4O2/c1-3-21-12-14(11-18-21)6-9-16-19-20-17(23-16)10-13-4-7-15(22-2)8-5-13/h4-9,11-12H,3,10H2,1-2H3/b9-6+. The number of methoxy groups -OCH3 is 1. The van der Waals surface area contributed by atoms with Gasteiger partial charge in [-0.25, -0.2) is 0 Å². The fraction of sp³-hybridized carbons (Fsp3) is 0.235. The van der Waals surface area contributed by atoms with Crippen LogP contribution < -0.4 is 4.74 Å². The summed E-state index contributed by atoms with van der Waals surface area (Å²) >= 11 is 0. The molecular weight excluding hydrogens is 292 g/mol. The van der Waals surface area contributed by atoms with E-state index in [1.165, 1.54) is 0 Å². The molecule has 0 spiro atoms. The van der Waals surface area contributed by atoms with Crippen molar-refractivity contribution < 1.29 is 9.15 Å². The molecule has 6 nitrogen and oxygen atoms in total. The van der Waals surface area contributed by atoms with E-state index in [1.807, 2.05) is 48.1 Å². The van der Waals surface area contributed by atoms with Crippen LogP contribution in [-0.2, 0) is 13.0 Å². The van der Waals surface area contributed by atoms with Gasteiger partial charge in [-0.1, -0.05) is 12.1 Å². The first-order valence-corrected chi connectivity index (χ1v) is 7.42. The fourth-order valence-corrected chi connectivity index (χ4v) is 2.13. The summed E-state index contributed by atoms with van der Waals surface area (Å²) in [6, 6.07) is 7.80. The minimum Gasteiger partial charge on any atom is -0.497 e. The van der Waals surface area contributed by atoms with Crippen LogP contribution in [0.1, 0.15) is 29.8 Å². The van der Waals surface area contributed by atoms with Gasteiger partial charge >= 0.3 is 0 Å². The molecule has 0 saturated heterocycles. The summed E-state index contributed by atoms with van der Waals surface area (Å²) in [5, 5.41) is 12.3. The maximum absolute atomic E-state index is 5.63. The summed E-state index contributed by atoms with van der Waals surface area (Å²) in [5.74, 6) is 1.90. The molecule has 3 aromatic rings. The number of rotatable bonds is 6. The summed E-state index contributed by atoms with van der Waals surface area (Å²) in [6.07, 6.45) is 8.06. The third-order valence-electron chi connectivity index (χ3n) is 3.39. The summed E-state index contributed by atoms with van der Waals surface area (Å²) in [4.78, 5) is 0. The molecule has 0 fully saturated rings. The van der Waals surface area contributed by atoms with Gasteiger partial charge in [0.05, 0.1) is 19.7 Å². The van der Waals surface area contributed by atoms with Crippen molar-refractivity contribution >= 4 is 12.2 Å². The van der Waals surface area contributed by atoms with Crippen LogP contribution in [0.5, 0.6) is 5.75 Å². The summed E-state index contributed by atoms with van der Waals surface area (Å²) in [6.45, 7) is 2.89. The molecule has 0 bridgehead atoms. The molecule has 1 aromatic carbocycles. The first-order chi connectivity index (χ1) is 11.3. The predicted octanol–water partition coefficient (Wildman–Crippen LogP) is 3.06. The molecule has 0 unspecified atom stereocenters. The largest absolute Gasteiger partial charge is 0.497 e. The van der Waals surface area contributed by atoms with Crippen molar-refractivity contribution in [1.29, 1.82) is 0 Å². The van der Waals surface area contributed by atoms with Gasteiger partial charge in [-0.15, -0.1) is 10.2 Å². The highest BCUT2D eigenvalue weighted by molar-refractivity contribution is 5.64. The minimum absolute atomic E-state index is 0.484. The van der Waals surface area contributed by atoms with Crippen LogP contribution in [0.2, 0.25) is 0 Å². The quantitative estimate of drug-likeness (QED) is 0.700. The zero-order valence-electron chi connectivity index (χ0n) is 13.1. The summed E-state index contributed by atoms with van der Waals surface area (Å²) < 4.78 is 12.6. The first kappa shape index (κ1) is 15.0. The van der Waals surface area contributed by atoms with E-state index < -0.39 is 0 Å².